The van der Waals surface area contributed by atoms with E-state index < -0.39 is 21.5 Å². The molecule has 0 bridgehead atoms. The molecule has 0 radical (unpaired) electrons. The molecular formula is C31H38N2O7S. The fraction of sp³-hybridized carbons (Fsp3) is 0.548. The number of methoxy groups -OCH3 is 1. The maximum Gasteiger partial charge on any atom is 0.264 e. The lowest BCUT2D eigenvalue weighted by atomic mass is 9.88. The zero-order chi connectivity index (χ0) is 28.8. The van der Waals surface area contributed by atoms with Gasteiger partial charge in [0.2, 0.25) is 5.91 Å². The number of rotatable bonds is 8. The van der Waals surface area contributed by atoms with E-state index in [0.717, 1.165) is 70.0 Å². The number of sulfonamides is 1. The number of nitrogens with zero attached hydrogens (tertiary/aromatic N) is 1. The number of nitrogens with one attached hydrogen (secondary N) is 1. The fourth-order valence-corrected chi connectivity index (χ4v) is 7.61. The summed E-state index contributed by atoms with van der Waals surface area (Å²) in [5.41, 5.74) is 2.29. The molecule has 1 N–H and O–H groups in total. The average molecular weight is 583 g/mol. The highest BCUT2D eigenvalue weighted by Crippen LogP contribution is 2.65. The molecule has 9 nitrogen and oxygen atoms in total. The van der Waals surface area contributed by atoms with Gasteiger partial charge >= 0.3 is 0 Å². The van der Waals surface area contributed by atoms with Gasteiger partial charge in [0, 0.05) is 32.2 Å². The first-order valence-electron chi connectivity index (χ1n) is 14.6. The summed E-state index contributed by atoms with van der Waals surface area (Å²) >= 11 is 0. The zero-order valence-corrected chi connectivity index (χ0v) is 24.5. The number of amides is 2. The van der Waals surface area contributed by atoms with E-state index in [1.54, 1.807) is 13.2 Å². The Morgan fingerprint density at radius 3 is 2.37 bits per heavy atom. The van der Waals surface area contributed by atoms with Crippen molar-refractivity contribution >= 4 is 21.8 Å². The summed E-state index contributed by atoms with van der Waals surface area (Å²) < 4.78 is 44.6. The summed E-state index contributed by atoms with van der Waals surface area (Å²) in [6.45, 7) is 3.40. The van der Waals surface area contributed by atoms with Crippen LogP contribution in [0.3, 0.4) is 0 Å². The number of ether oxygens (including phenoxy) is 3. The maximum atomic E-state index is 13.4. The molecule has 220 valence electrons. The van der Waals surface area contributed by atoms with E-state index in [0.29, 0.717) is 23.8 Å². The summed E-state index contributed by atoms with van der Waals surface area (Å²) in [6.07, 6.45) is 7.42. The molecule has 2 saturated heterocycles. The van der Waals surface area contributed by atoms with Crippen LogP contribution >= 0.6 is 0 Å². The number of carbonyl (C=O) groups is 2. The van der Waals surface area contributed by atoms with Crippen LogP contribution in [0.25, 0.3) is 11.1 Å². The molecule has 2 amide bonds. The van der Waals surface area contributed by atoms with Crippen LogP contribution in [-0.4, -0.2) is 63.8 Å². The van der Waals surface area contributed by atoms with Crippen molar-refractivity contribution in [2.75, 3.05) is 26.8 Å². The summed E-state index contributed by atoms with van der Waals surface area (Å²) in [5.74, 6) is 0.491. The smallest absolute Gasteiger partial charge is 0.264 e. The number of carbonyl (C=O) groups excluding carboxylic acids is 2. The van der Waals surface area contributed by atoms with Gasteiger partial charge in [-0.3, -0.25) is 9.59 Å². The summed E-state index contributed by atoms with van der Waals surface area (Å²) in [4.78, 5) is 26.8. The van der Waals surface area contributed by atoms with Crippen LogP contribution < -0.4 is 9.46 Å². The third kappa shape index (κ3) is 5.61. The quantitative estimate of drug-likeness (QED) is 0.492. The van der Waals surface area contributed by atoms with Gasteiger partial charge < -0.3 is 19.1 Å². The molecule has 2 atom stereocenters. The molecule has 6 rings (SSSR count). The van der Waals surface area contributed by atoms with Gasteiger partial charge in [-0.1, -0.05) is 24.3 Å². The van der Waals surface area contributed by atoms with Gasteiger partial charge in [0.05, 0.1) is 12.0 Å². The van der Waals surface area contributed by atoms with E-state index in [4.69, 9.17) is 14.2 Å². The molecule has 2 aliphatic heterocycles. The molecule has 1 unspecified atom stereocenters. The number of benzene rings is 2. The molecule has 2 saturated carbocycles. The minimum Gasteiger partial charge on any atom is -0.496 e. The lowest BCUT2D eigenvalue weighted by Crippen LogP contribution is -2.48. The lowest BCUT2D eigenvalue weighted by Gasteiger charge is -2.36. The van der Waals surface area contributed by atoms with Gasteiger partial charge in [0.1, 0.15) is 11.4 Å². The Morgan fingerprint density at radius 1 is 1.02 bits per heavy atom. The van der Waals surface area contributed by atoms with Gasteiger partial charge in [-0.15, -0.1) is 0 Å². The van der Waals surface area contributed by atoms with Crippen LogP contribution in [0.4, 0.5) is 0 Å². The topological polar surface area (TPSA) is 111 Å². The highest BCUT2D eigenvalue weighted by Gasteiger charge is 2.59. The minimum atomic E-state index is -3.97. The molecule has 4 fully saturated rings. The number of likely N-dealkylation sites (tertiary alicyclic amines) is 1. The molecule has 4 aliphatic rings. The second-order valence-corrected chi connectivity index (χ2v) is 13.6. The van der Waals surface area contributed by atoms with Crippen molar-refractivity contribution in [1.82, 2.24) is 9.62 Å². The van der Waals surface area contributed by atoms with Crippen LogP contribution in [0.5, 0.6) is 5.75 Å². The zero-order valence-electron chi connectivity index (χ0n) is 23.7. The molecule has 2 heterocycles. The fourth-order valence-electron chi connectivity index (χ4n) is 6.59. The third-order valence-corrected chi connectivity index (χ3v) is 10.6. The van der Waals surface area contributed by atoms with Gasteiger partial charge in [0.25, 0.3) is 15.9 Å². The van der Waals surface area contributed by atoms with Crippen molar-refractivity contribution in [3.8, 4) is 16.9 Å². The Balaban J connectivity index is 1.10. The van der Waals surface area contributed by atoms with Gasteiger partial charge in [-0.2, -0.15) is 0 Å². The van der Waals surface area contributed by atoms with Crippen LogP contribution in [0.1, 0.15) is 69.8 Å². The van der Waals surface area contributed by atoms with E-state index in [2.05, 4.69) is 12.1 Å². The highest BCUT2D eigenvalue weighted by molar-refractivity contribution is 7.90. The third-order valence-electron chi connectivity index (χ3n) is 9.21. The molecule has 1 spiro atoms. The predicted octanol–water partition coefficient (Wildman–Crippen LogP) is 4.36. The Labute approximate surface area is 241 Å². The average Bonchev–Trinajstić information content (AvgIpc) is 3.90. The first-order valence-corrected chi connectivity index (χ1v) is 16.0. The van der Waals surface area contributed by atoms with Crippen molar-refractivity contribution < 1.29 is 32.2 Å². The second kappa shape index (κ2) is 10.7. The van der Waals surface area contributed by atoms with Crippen molar-refractivity contribution in [1.29, 1.82) is 0 Å². The van der Waals surface area contributed by atoms with Crippen molar-refractivity contribution in [3.05, 3.63) is 48.0 Å². The van der Waals surface area contributed by atoms with Crippen LogP contribution in [0, 0.1) is 5.41 Å². The molecule has 2 aliphatic carbocycles. The standard InChI is InChI=1S/C31H38N2O7S/c1-21(34)32-41(36,37)24-10-11-27(38-2)25(19-24)22-6-8-23(9-7-22)26-20-30(26)14-16-33(17-15-30)29(35)31(12-13-31)40-28-5-3-4-18-39-28/h6-11,19,26,28H,3-5,12-18,20H2,1-2H3,(H,32,34)/t26-,28?/m1/s1. The van der Waals surface area contributed by atoms with Crippen molar-refractivity contribution in [3.63, 3.8) is 0 Å². The van der Waals surface area contributed by atoms with Gasteiger partial charge in [0.15, 0.2) is 6.29 Å². The van der Waals surface area contributed by atoms with E-state index in [9.17, 15) is 18.0 Å². The van der Waals surface area contributed by atoms with E-state index in [1.807, 2.05) is 21.8 Å². The molecule has 2 aromatic carbocycles. The number of hydrogen-bond acceptors (Lipinski definition) is 7. The molecule has 41 heavy (non-hydrogen) atoms. The maximum absolute atomic E-state index is 13.4. The van der Waals surface area contributed by atoms with E-state index >= 15 is 0 Å². The lowest BCUT2D eigenvalue weighted by molar-refractivity contribution is -0.205. The normalized spacial score (nSPS) is 24.5. The van der Waals surface area contributed by atoms with Crippen molar-refractivity contribution in [2.45, 2.75) is 81.0 Å². The van der Waals surface area contributed by atoms with E-state index in [1.165, 1.54) is 24.6 Å². The monoisotopic (exact) mass is 582 g/mol. The summed E-state index contributed by atoms with van der Waals surface area (Å²) in [7, 11) is -2.42. The van der Waals surface area contributed by atoms with E-state index in [-0.39, 0.29) is 22.5 Å². The Morgan fingerprint density at radius 2 is 1.76 bits per heavy atom. The summed E-state index contributed by atoms with van der Waals surface area (Å²) in [6, 6.07) is 12.8. The Bertz CT molecular complexity index is 1420. The van der Waals surface area contributed by atoms with Gasteiger partial charge in [-0.25, -0.2) is 13.1 Å². The summed E-state index contributed by atoms with van der Waals surface area (Å²) in [5, 5.41) is 0. The SMILES string of the molecule is COc1ccc(S(=O)(=O)NC(C)=O)cc1-c1ccc([C@H]2CC23CCN(C(=O)C2(OC4CCCCO4)CC2)CC3)cc1. The van der Waals surface area contributed by atoms with Gasteiger partial charge in [-0.05, 0) is 92.0 Å². The second-order valence-electron chi connectivity index (χ2n) is 12.0. The molecule has 2 aromatic rings. The minimum absolute atomic E-state index is 0.000302. The van der Waals surface area contributed by atoms with Crippen LogP contribution in [0.2, 0.25) is 0 Å². The predicted molar refractivity (Wildman–Crippen MR) is 152 cm³/mol. The molecule has 10 heteroatoms. The Kier molecular flexibility index (Phi) is 7.36. The van der Waals surface area contributed by atoms with Crippen LogP contribution in [0.15, 0.2) is 47.4 Å². The number of hydrogen-bond donors (Lipinski definition) is 1. The number of piperidine rings is 1. The molecular weight excluding hydrogens is 544 g/mol. The van der Waals surface area contributed by atoms with Crippen LogP contribution in [-0.2, 0) is 29.1 Å². The first kappa shape index (κ1) is 28.2. The van der Waals surface area contributed by atoms with Crippen molar-refractivity contribution in [2.24, 2.45) is 5.41 Å². The molecule has 0 aromatic heterocycles. The first-order chi connectivity index (χ1) is 19.6. The Hall–Kier alpha value is -2.95. The highest BCUT2D eigenvalue weighted by atomic mass is 32.2. The largest absolute Gasteiger partial charge is 0.496 e.